The summed E-state index contributed by atoms with van der Waals surface area (Å²) >= 11 is 0. The molecule has 0 heterocycles. The van der Waals surface area contributed by atoms with E-state index in [0.29, 0.717) is 5.56 Å². The van der Waals surface area contributed by atoms with Gasteiger partial charge in [0.1, 0.15) is 0 Å². The zero-order valence-corrected chi connectivity index (χ0v) is 11.9. The fourth-order valence-corrected chi connectivity index (χ4v) is 2.52. The Bertz CT molecular complexity index is 595. The number of nitrogens with one attached hydrogen (secondary N) is 1. The molecule has 1 rings (SSSR count). The van der Waals surface area contributed by atoms with Crippen LogP contribution in [0.4, 0.5) is 0 Å². The number of sulfone groups is 1. The van der Waals surface area contributed by atoms with E-state index in [1.54, 1.807) is 19.1 Å². The minimum atomic E-state index is -3.29. The molecule has 0 saturated carbocycles. The molecule has 2 N–H and O–H groups in total. The minimum Gasteiger partial charge on any atom is -0.481 e. The number of rotatable bonds is 7. The number of benzene rings is 1. The van der Waals surface area contributed by atoms with E-state index in [-0.39, 0.29) is 35.9 Å². The number of aliphatic carboxylic acids is 1. The topological polar surface area (TPSA) is 101 Å². The Balaban J connectivity index is 2.67. The van der Waals surface area contributed by atoms with Crippen LogP contribution in [0.15, 0.2) is 29.2 Å². The van der Waals surface area contributed by atoms with Crippen molar-refractivity contribution in [2.24, 2.45) is 0 Å². The number of hydrogen-bond donors (Lipinski definition) is 2. The summed E-state index contributed by atoms with van der Waals surface area (Å²) in [6, 6.07) is 6.20. The summed E-state index contributed by atoms with van der Waals surface area (Å²) in [6.45, 7) is 1.61. The molecule has 1 amide bonds. The molecule has 0 aromatic heterocycles. The largest absolute Gasteiger partial charge is 0.481 e. The zero-order chi connectivity index (χ0) is 15.2. The number of carbonyl (C=O) groups is 2. The van der Waals surface area contributed by atoms with Crippen LogP contribution in [-0.2, 0) is 25.8 Å². The van der Waals surface area contributed by atoms with Crippen molar-refractivity contribution in [2.75, 3.05) is 12.3 Å². The van der Waals surface area contributed by atoms with Gasteiger partial charge in [-0.2, -0.15) is 0 Å². The number of carbonyl (C=O) groups excluding carboxylic acids is 1. The molecule has 0 atom stereocenters. The summed E-state index contributed by atoms with van der Waals surface area (Å²) in [4.78, 5) is 22.1. The normalized spacial score (nSPS) is 11.1. The quantitative estimate of drug-likeness (QED) is 0.768. The van der Waals surface area contributed by atoms with E-state index in [1.807, 2.05) is 0 Å². The summed E-state index contributed by atoms with van der Waals surface area (Å²) in [6.07, 6.45) is -0.122. The number of hydrogen-bond acceptors (Lipinski definition) is 4. The lowest BCUT2D eigenvalue weighted by Gasteiger charge is -2.06. The van der Waals surface area contributed by atoms with E-state index in [4.69, 9.17) is 5.11 Å². The second-order valence-electron chi connectivity index (χ2n) is 4.22. The molecular formula is C13H17NO5S. The highest BCUT2D eigenvalue weighted by Crippen LogP contribution is 2.13. The van der Waals surface area contributed by atoms with Gasteiger partial charge in [-0.05, 0) is 17.7 Å². The van der Waals surface area contributed by atoms with Crippen LogP contribution in [0.2, 0.25) is 0 Å². The van der Waals surface area contributed by atoms with Crippen LogP contribution >= 0.6 is 0 Å². The molecule has 0 spiro atoms. The molecule has 0 bridgehead atoms. The van der Waals surface area contributed by atoms with E-state index in [0.717, 1.165) is 0 Å². The third-order valence-electron chi connectivity index (χ3n) is 2.66. The highest BCUT2D eigenvalue weighted by molar-refractivity contribution is 7.91. The van der Waals surface area contributed by atoms with Gasteiger partial charge in [-0.1, -0.05) is 19.1 Å². The van der Waals surface area contributed by atoms with Gasteiger partial charge in [0.25, 0.3) is 0 Å². The third-order valence-corrected chi connectivity index (χ3v) is 4.40. The average molecular weight is 299 g/mol. The Labute approximate surface area is 117 Å². The van der Waals surface area contributed by atoms with Gasteiger partial charge in [0, 0.05) is 6.54 Å². The van der Waals surface area contributed by atoms with Gasteiger partial charge in [0.05, 0.1) is 23.5 Å². The lowest BCUT2D eigenvalue weighted by atomic mass is 10.1. The number of carboxylic acids is 1. The smallest absolute Gasteiger partial charge is 0.305 e. The molecule has 0 radical (unpaired) electrons. The highest BCUT2D eigenvalue weighted by atomic mass is 32.2. The average Bonchev–Trinajstić information content (AvgIpc) is 2.38. The molecule has 110 valence electrons. The lowest BCUT2D eigenvalue weighted by Crippen LogP contribution is -2.27. The van der Waals surface area contributed by atoms with Crippen LogP contribution in [0, 0.1) is 0 Å². The van der Waals surface area contributed by atoms with Gasteiger partial charge < -0.3 is 10.4 Å². The van der Waals surface area contributed by atoms with Gasteiger partial charge in [-0.15, -0.1) is 0 Å². The number of amides is 1. The van der Waals surface area contributed by atoms with Gasteiger partial charge in [-0.25, -0.2) is 8.42 Å². The third kappa shape index (κ3) is 5.00. The van der Waals surface area contributed by atoms with Gasteiger partial charge in [0.2, 0.25) is 5.91 Å². The maximum Gasteiger partial charge on any atom is 0.305 e. The van der Waals surface area contributed by atoms with Crippen molar-refractivity contribution in [3.05, 3.63) is 29.8 Å². The van der Waals surface area contributed by atoms with Crippen LogP contribution < -0.4 is 5.32 Å². The second-order valence-corrected chi connectivity index (χ2v) is 6.50. The van der Waals surface area contributed by atoms with Crippen LogP contribution in [0.3, 0.4) is 0 Å². The molecular weight excluding hydrogens is 282 g/mol. The molecule has 0 fully saturated rings. The first kappa shape index (κ1) is 16.2. The molecule has 1 aromatic carbocycles. The minimum absolute atomic E-state index is 0.00125. The fourth-order valence-electron chi connectivity index (χ4n) is 1.57. The van der Waals surface area contributed by atoms with Crippen LogP contribution in [-0.4, -0.2) is 37.7 Å². The molecule has 7 heteroatoms. The Hall–Kier alpha value is -1.89. The van der Waals surface area contributed by atoms with E-state index in [1.165, 1.54) is 12.1 Å². The van der Waals surface area contributed by atoms with Crippen molar-refractivity contribution in [1.29, 1.82) is 0 Å². The van der Waals surface area contributed by atoms with Crippen molar-refractivity contribution < 1.29 is 23.1 Å². The summed E-state index contributed by atoms with van der Waals surface area (Å²) in [5.74, 6) is -1.32. The van der Waals surface area contributed by atoms with Gasteiger partial charge in [-0.3, -0.25) is 9.59 Å². The summed E-state index contributed by atoms with van der Waals surface area (Å²) in [7, 11) is -3.29. The molecule has 1 aromatic rings. The SMILES string of the molecule is CCS(=O)(=O)c1cccc(CC(=O)NCCC(=O)O)c1. The molecule has 6 nitrogen and oxygen atoms in total. The predicted octanol–water partition coefficient (Wildman–Crippen LogP) is 0.614. The van der Waals surface area contributed by atoms with Crippen molar-refractivity contribution in [3.63, 3.8) is 0 Å². The Morgan fingerprint density at radius 1 is 1.30 bits per heavy atom. The number of carboxylic acid groups (broad SMARTS) is 1. The maximum atomic E-state index is 11.7. The molecule has 0 saturated heterocycles. The Morgan fingerprint density at radius 2 is 2.00 bits per heavy atom. The molecule has 0 aliphatic carbocycles. The fraction of sp³-hybridized carbons (Fsp3) is 0.385. The van der Waals surface area contributed by atoms with Crippen molar-refractivity contribution in [3.8, 4) is 0 Å². The maximum absolute atomic E-state index is 11.7. The van der Waals surface area contributed by atoms with E-state index >= 15 is 0 Å². The van der Waals surface area contributed by atoms with Gasteiger partial charge >= 0.3 is 5.97 Å². The monoisotopic (exact) mass is 299 g/mol. The Morgan fingerprint density at radius 3 is 2.60 bits per heavy atom. The van der Waals surface area contributed by atoms with Crippen molar-refractivity contribution in [1.82, 2.24) is 5.32 Å². The van der Waals surface area contributed by atoms with Crippen LogP contribution in [0.25, 0.3) is 0 Å². The van der Waals surface area contributed by atoms with E-state index in [2.05, 4.69) is 5.32 Å². The molecule has 20 heavy (non-hydrogen) atoms. The second kappa shape index (κ2) is 7.04. The first-order valence-electron chi connectivity index (χ1n) is 6.15. The lowest BCUT2D eigenvalue weighted by molar-refractivity contribution is -0.136. The highest BCUT2D eigenvalue weighted by Gasteiger charge is 2.12. The summed E-state index contributed by atoms with van der Waals surface area (Å²) in [5.41, 5.74) is 0.576. The zero-order valence-electron chi connectivity index (χ0n) is 11.1. The van der Waals surface area contributed by atoms with Crippen molar-refractivity contribution >= 4 is 21.7 Å². The van der Waals surface area contributed by atoms with Gasteiger partial charge in [0.15, 0.2) is 9.84 Å². The Kier molecular flexibility index (Phi) is 5.69. The summed E-state index contributed by atoms with van der Waals surface area (Å²) < 4.78 is 23.4. The van der Waals surface area contributed by atoms with Crippen LogP contribution in [0.5, 0.6) is 0 Å². The molecule has 0 aliphatic heterocycles. The first-order chi connectivity index (χ1) is 9.35. The summed E-state index contributed by atoms with van der Waals surface area (Å²) in [5, 5.41) is 10.9. The van der Waals surface area contributed by atoms with Crippen LogP contribution in [0.1, 0.15) is 18.9 Å². The van der Waals surface area contributed by atoms with E-state index in [9.17, 15) is 18.0 Å². The van der Waals surface area contributed by atoms with E-state index < -0.39 is 15.8 Å². The molecule has 0 unspecified atom stereocenters. The van der Waals surface area contributed by atoms with Crippen molar-refractivity contribution in [2.45, 2.75) is 24.7 Å². The molecule has 0 aliphatic rings. The standard InChI is InChI=1S/C13H17NO5S/c1-2-20(18,19)11-5-3-4-10(8-11)9-12(15)14-7-6-13(16)17/h3-5,8H,2,6-7,9H2,1H3,(H,14,15)(H,16,17). The first-order valence-corrected chi connectivity index (χ1v) is 7.80. The predicted molar refractivity (Wildman–Crippen MR) is 73.1 cm³/mol.